The summed E-state index contributed by atoms with van der Waals surface area (Å²) in [6.07, 6.45) is 1.97. The first-order valence-electron chi connectivity index (χ1n) is 8.09. The molecule has 0 bridgehead atoms. The normalized spacial score (nSPS) is 17.6. The van der Waals surface area contributed by atoms with Gasteiger partial charge in [0, 0.05) is 25.9 Å². The summed E-state index contributed by atoms with van der Waals surface area (Å²) in [7, 11) is 0. The second-order valence-electron chi connectivity index (χ2n) is 7.11. The van der Waals surface area contributed by atoms with Gasteiger partial charge >= 0.3 is 6.09 Å². The number of carbonyl (C=O) groups excluding carboxylic acids is 1. The van der Waals surface area contributed by atoms with E-state index in [-0.39, 0.29) is 25.9 Å². The molecule has 0 aliphatic carbocycles. The molecule has 2 aromatic heterocycles. The maximum absolute atomic E-state index is 13.4. The number of nitrogens with zero attached hydrogens (tertiary/aromatic N) is 4. The van der Waals surface area contributed by atoms with E-state index in [4.69, 9.17) is 4.74 Å². The van der Waals surface area contributed by atoms with Crippen LogP contribution in [-0.2, 0) is 4.74 Å². The number of rotatable bonds is 2. The zero-order chi connectivity index (χ0) is 18.2. The largest absolute Gasteiger partial charge is 0.444 e. The van der Waals surface area contributed by atoms with Crippen molar-refractivity contribution in [2.24, 2.45) is 0 Å². The van der Waals surface area contributed by atoms with E-state index in [0.29, 0.717) is 17.0 Å². The summed E-state index contributed by atoms with van der Waals surface area (Å²) in [5.74, 6) is -2.63. The van der Waals surface area contributed by atoms with E-state index < -0.39 is 17.6 Å². The molecule has 1 N–H and O–H groups in total. The molecule has 9 heteroatoms. The van der Waals surface area contributed by atoms with Crippen molar-refractivity contribution in [1.29, 1.82) is 0 Å². The molecule has 3 rings (SSSR count). The summed E-state index contributed by atoms with van der Waals surface area (Å²) >= 11 is 0. The van der Waals surface area contributed by atoms with Crippen LogP contribution < -0.4 is 10.2 Å². The summed E-state index contributed by atoms with van der Waals surface area (Å²) in [4.78, 5) is 18.0. The van der Waals surface area contributed by atoms with E-state index in [1.807, 2.05) is 4.90 Å². The number of alkyl halides is 2. The van der Waals surface area contributed by atoms with E-state index >= 15 is 0 Å². The number of nitrogens with one attached hydrogen (secondary N) is 1. The highest BCUT2D eigenvalue weighted by atomic mass is 19.3. The molecule has 7 nitrogen and oxygen atoms in total. The van der Waals surface area contributed by atoms with Crippen LogP contribution in [0.5, 0.6) is 0 Å². The third-order valence-corrected chi connectivity index (χ3v) is 3.84. The van der Waals surface area contributed by atoms with Crippen molar-refractivity contribution in [3.8, 4) is 0 Å². The number of carbonyl (C=O) groups is 1. The van der Waals surface area contributed by atoms with Gasteiger partial charge in [0.2, 0.25) is 0 Å². The lowest BCUT2D eigenvalue weighted by Gasteiger charge is -2.33. The molecule has 0 aromatic carbocycles. The maximum Gasteiger partial charge on any atom is 0.412 e. The number of anilines is 2. The fourth-order valence-electron chi connectivity index (χ4n) is 2.71. The Kier molecular flexibility index (Phi) is 4.26. The molecule has 0 atom stereocenters. The second-order valence-corrected chi connectivity index (χ2v) is 7.11. The van der Waals surface area contributed by atoms with Crippen LogP contribution >= 0.6 is 0 Å². The van der Waals surface area contributed by atoms with Crippen molar-refractivity contribution in [3.05, 3.63) is 18.6 Å². The standard InChI is InChI=1S/C16H21F2N5O2/c1-15(2,3)25-14(24)21-11-8-12(13-19-10-20-23(13)9-11)22-6-4-16(17,18)5-7-22/h8-10H,4-7H2,1-3H3,(H,21,24). The van der Waals surface area contributed by atoms with Crippen LogP contribution in [0.1, 0.15) is 33.6 Å². The van der Waals surface area contributed by atoms with Crippen LogP contribution in [0, 0.1) is 0 Å². The van der Waals surface area contributed by atoms with Gasteiger partial charge in [0.1, 0.15) is 11.9 Å². The van der Waals surface area contributed by atoms with Gasteiger partial charge < -0.3 is 9.64 Å². The predicted molar refractivity (Wildman–Crippen MR) is 89.2 cm³/mol. The lowest BCUT2D eigenvalue weighted by atomic mass is 10.1. The molecule has 25 heavy (non-hydrogen) atoms. The van der Waals surface area contributed by atoms with E-state index in [0.717, 1.165) is 0 Å². The summed E-state index contributed by atoms with van der Waals surface area (Å²) in [6.45, 7) is 5.74. The van der Waals surface area contributed by atoms with Crippen LogP contribution in [0.15, 0.2) is 18.6 Å². The zero-order valence-electron chi connectivity index (χ0n) is 14.4. The van der Waals surface area contributed by atoms with Gasteiger partial charge in [0.05, 0.1) is 17.6 Å². The molecule has 1 fully saturated rings. The number of hydrogen-bond donors (Lipinski definition) is 1. The summed E-state index contributed by atoms with van der Waals surface area (Å²) < 4.78 is 33.6. The van der Waals surface area contributed by atoms with Gasteiger partial charge in [0.25, 0.3) is 5.92 Å². The van der Waals surface area contributed by atoms with Crippen molar-refractivity contribution < 1.29 is 18.3 Å². The van der Waals surface area contributed by atoms with E-state index in [1.54, 1.807) is 33.0 Å². The molecule has 2 aromatic rings. The van der Waals surface area contributed by atoms with Gasteiger partial charge in [-0.3, -0.25) is 5.32 Å². The topological polar surface area (TPSA) is 71.8 Å². The summed E-state index contributed by atoms with van der Waals surface area (Å²) in [5, 5.41) is 6.74. The molecule has 0 spiro atoms. The number of ether oxygens (including phenoxy) is 1. The van der Waals surface area contributed by atoms with Crippen molar-refractivity contribution >= 4 is 23.1 Å². The van der Waals surface area contributed by atoms with Crippen LogP contribution in [0.4, 0.5) is 25.0 Å². The monoisotopic (exact) mass is 353 g/mol. The van der Waals surface area contributed by atoms with E-state index in [9.17, 15) is 13.6 Å². The third kappa shape index (κ3) is 4.15. The van der Waals surface area contributed by atoms with Crippen molar-refractivity contribution in [1.82, 2.24) is 14.6 Å². The van der Waals surface area contributed by atoms with Crippen LogP contribution in [0.3, 0.4) is 0 Å². The van der Waals surface area contributed by atoms with Gasteiger partial charge in [-0.25, -0.2) is 23.1 Å². The average molecular weight is 353 g/mol. The van der Waals surface area contributed by atoms with Crippen LogP contribution in [0.25, 0.3) is 5.65 Å². The van der Waals surface area contributed by atoms with Crippen LogP contribution in [-0.4, -0.2) is 45.3 Å². The van der Waals surface area contributed by atoms with Crippen molar-refractivity contribution in [2.75, 3.05) is 23.3 Å². The highest BCUT2D eigenvalue weighted by Crippen LogP contribution is 2.33. The highest BCUT2D eigenvalue weighted by Gasteiger charge is 2.34. The number of hydrogen-bond acceptors (Lipinski definition) is 5. The summed E-state index contributed by atoms with van der Waals surface area (Å²) in [5.41, 5.74) is 1.05. The molecule has 1 aliphatic heterocycles. The summed E-state index contributed by atoms with van der Waals surface area (Å²) in [6, 6.07) is 1.71. The zero-order valence-corrected chi connectivity index (χ0v) is 14.4. The lowest BCUT2D eigenvalue weighted by Crippen LogP contribution is -2.39. The molecular weight excluding hydrogens is 332 g/mol. The SMILES string of the molecule is CC(C)(C)OC(=O)Nc1cc(N2CCC(F)(F)CC2)c2ncnn2c1. The molecule has 1 amide bonds. The fraction of sp³-hybridized carbons (Fsp3) is 0.562. The Bertz CT molecular complexity index is 774. The Morgan fingerprint density at radius 3 is 2.64 bits per heavy atom. The average Bonchev–Trinajstić information content (AvgIpc) is 2.92. The molecule has 0 radical (unpaired) electrons. The van der Waals surface area contributed by atoms with Gasteiger partial charge in [-0.2, -0.15) is 5.10 Å². The minimum Gasteiger partial charge on any atom is -0.444 e. The highest BCUT2D eigenvalue weighted by molar-refractivity contribution is 5.87. The molecular formula is C16H21F2N5O2. The first kappa shape index (κ1) is 17.4. The molecule has 3 heterocycles. The number of aromatic nitrogens is 3. The number of piperidine rings is 1. The second kappa shape index (κ2) is 6.12. The number of fused-ring (bicyclic) bond motifs is 1. The first-order valence-corrected chi connectivity index (χ1v) is 8.09. The smallest absolute Gasteiger partial charge is 0.412 e. The van der Waals surface area contributed by atoms with Gasteiger partial charge in [-0.15, -0.1) is 0 Å². The predicted octanol–water partition coefficient (Wildman–Crippen LogP) is 3.31. The molecule has 0 saturated carbocycles. The van der Waals surface area contributed by atoms with E-state index in [2.05, 4.69) is 15.4 Å². The fourth-order valence-corrected chi connectivity index (χ4v) is 2.71. The quantitative estimate of drug-likeness (QED) is 0.897. The molecule has 1 aliphatic rings. The lowest BCUT2D eigenvalue weighted by molar-refractivity contribution is -0.0220. The van der Waals surface area contributed by atoms with Gasteiger partial charge in [-0.1, -0.05) is 0 Å². The van der Waals surface area contributed by atoms with Crippen LogP contribution in [0.2, 0.25) is 0 Å². The Labute approximate surface area is 144 Å². The molecule has 1 saturated heterocycles. The number of halogens is 2. The number of pyridine rings is 1. The van der Waals surface area contributed by atoms with Gasteiger partial charge in [0.15, 0.2) is 5.65 Å². The minimum atomic E-state index is -2.63. The van der Waals surface area contributed by atoms with Gasteiger partial charge in [-0.05, 0) is 26.8 Å². The van der Waals surface area contributed by atoms with Crippen molar-refractivity contribution in [3.63, 3.8) is 0 Å². The van der Waals surface area contributed by atoms with Crippen molar-refractivity contribution in [2.45, 2.75) is 45.1 Å². The number of amides is 1. The Hall–Kier alpha value is -2.45. The maximum atomic E-state index is 13.4. The Morgan fingerprint density at radius 2 is 2.00 bits per heavy atom. The molecule has 136 valence electrons. The Morgan fingerprint density at radius 1 is 1.32 bits per heavy atom. The Balaban J connectivity index is 1.86. The first-order chi connectivity index (χ1) is 11.6. The third-order valence-electron chi connectivity index (χ3n) is 3.84. The minimum absolute atomic E-state index is 0.211. The molecule has 0 unspecified atom stereocenters. The van der Waals surface area contributed by atoms with E-state index in [1.165, 1.54) is 10.8 Å².